The van der Waals surface area contributed by atoms with Crippen LogP contribution in [0.5, 0.6) is 0 Å². The average molecular weight is 296 g/mol. The van der Waals surface area contributed by atoms with E-state index in [4.69, 9.17) is 0 Å². The Hall–Kier alpha value is -2.62. The van der Waals surface area contributed by atoms with Crippen molar-refractivity contribution in [2.45, 2.75) is 12.8 Å². The van der Waals surface area contributed by atoms with Gasteiger partial charge in [0.2, 0.25) is 0 Å². The molecule has 114 valence electrons. The molecule has 4 nitrogen and oxygen atoms in total. The molecule has 0 aliphatic heterocycles. The third kappa shape index (κ3) is 4.45. The van der Waals surface area contributed by atoms with E-state index in [9.17, 15) is 10.1 Å². The minimum atomic E-state index is -0.322. The van der Waals surface area contributed by atoms with Gasteiger partial charge >= 0.3 is 0 Å². The molecule has 0 radical (unpaired) electrons. The van der Waals surface area contributed by atoms with E-state index in [0.717, 1.165) is 25.1 Å². The number of hydrogen-bond acceptors (Lipinski definition) is 3. The lowest BCUT2D eigenvalue weighted by Gasteiger charge is -2.20. The zero-order chi connectivity index (χ0) is 15.8. The molecule has 0 saturated heterocycles. The first kappa shape index (κ1) is 15.8. The first-order valence-electron chi connectivity index (χ1n) is 7.33. The zero-order valence-electron chi connectivity index (χ0n) is 12.5. The van der Waals surface area contributed by atoms with Gasteiger partial charge in [0.25, 0.3) is 5.69 Å². The van der Waals surface area contributed by atoms with Crippen LogP contribution in [0.15, 0.2) is 67.4 Å². The van der Waals surface area contributed by atoms with E-state index in [1.807, 2.05) is 30.3 Å². The van der Waals surface area contributed by atoms with Crippen LogP contribution >= 0.6 is 0 Å². The summed E-state index contributed by atoms with van der Waals surface area (Å²) >= 11 is 0. The van der Waals surface area contributed by atoms with E-state index in [1.165, 1.54) is 5.56 Å². The van der Waals surface area contributed by atoms with Crippen LogP contribution in [0.2, 0.25) is 0 Å². The van der Waals surface area contributed by atoms with Gasteiger partial charge in [0.05, 0.1) is 4.92 Å². The van der Waals surface area contributed by atoms with Gasteiger partial charge in [0.15, 0.2) is 0 Å². The Balaban J connectivity index is 1.91. The Morgan fingerprint density at radius 1 is 1.00 bits per heavy atom. The molecule has 2 rings (SSSR count). The van der Waals surface area contributed by atoms with E-state index < -0.39 is 0 Å². The molecule has 0 fully saturated rings. The van der Waals surface area contributed by atoms with E-state index in [-0.39, 0.29) is 10.6 Å². The first-order chi connectivity index (χ1) is 10.7. The molecule has 0 saturated carbocycles. The number of hydrogen-bond donors (Lipinski definition) is 0. The third-order valence-electron chi connectivity index (χ3n) is 3.65. The molecule has 0 aromatic heterocycles. The number of nitro benzene ring substituents is 1. The smallest absolute Gasteiger partial charge is 0.272 e. The Bertz CT molecular complexity index is 626. The van der Waals surface area contributed by atoms with Crippen LogP contribution in [0.3, 0.4) is 0 Å². The maximum atomic E-state index is 11.0. The fourth-order valence-corrected chi connectivity index (χ4v) is 2.38. The van der Waals surface area contributed by atoms with Gasteiger partial charge in [-0.25, -0.2) is 0 Å². The highest BCUT2D eigenvalue weighted by Crippen LogP contribution is 2.18. The van der Waals surface area contributed by atoms with Gasteiger partial charge in [0.1, 0.15) is 0 Å². The Labute approximate surface area is 130 Å². The molecule has 0 heterocycles. The van der Waals surface area contributed by atoms with Crippen LogP contribution in [-0.2, 0) is 12.8 Å². The molecule has 2 aromatic carbocycles. The molecular formula is C18H20N2O2. The van der Waals surface area contributed by atoms with Crippen LogP contribution in [0.4, 0.5) is 5.69 Å². The van der Waals surface area contributed by atoms with Crippen molar-refractivity contribution in [3.05, 3.63) is 88.6 Å². The summed E-state index contributed by atoms with van der Waals surface area (Å²) in [5.41, 5.74) is 2.23. The summed E-state index contributed by atoms with van der Waals surface area (Å²) in [6.45, 7) is 5.41. The molecule has 0 aliphatic carbocycles. The fraction of sp³-hybridized carbons (Fsp3) is 0.222. The van der Waals surface area contributed by atoms with Crippen molar-refractivity contribution < 1.29 is 4.92 Å². The van der Waals surface area contributed by atoms with Gasteiger partial charge in [-0.15, -0.1) is 0 Å². The largest absolute Gasteiger partial charge is 0.377 e. The second-order valence-electron chi connectivity index (χ2n) is 5.09. The maximum absolute atomic E-state index is 11.0. The van der Waals surface area contributed by atoms with Gasteiger partial charge in [-0.2, -0.15) is 0 Å². The minimum Gasteiger partial charge on any atom is -0.377 e. The Morgan fingerprint density at radius 3 is 2.32 bits per heavy atom. The summed E-state index contributed by atoms with van der Waals surface area (Å²) in [4.78, 5) is 12.8. The van der Waals surface area contributed by atoms with Crippen molar-refractivity contribution in [2.75, 3.05) is 13.1 Å². The SMILES string of the molecule is C=CN(CCc1ccccc1)CCc1ccccc1[N+](=O)[O-]. The number of rotatable bonds is 8. The quantitative estimate of drug-likeness (QED) is 0.549. The molecule has 2 aromatic rings. The van der Waals surface area contributed by atoms with Crippen LogP contribution in [0.1, 0.15) is 11.1 Å². The van der Waals surface area contributed by atoms with Gasteiger partial charge in [-0.3, -0.25) is 10.1 Å². The molecule has 0 aliphatic rings. The van der Waals surface area contributed by atoms with Crippen LogP contribution in [0.25, 0.3) is 0 Å². The highest BCUT2D eigenvalue weighted by Gasteiger charge is 2.12. The molecule has 0 atom stereocenters. The zero-order valence-corrected chi connectivity index (χ0v) is 12.5. The molecule has 0 amide bonds. The third-order valence-corrected chi connectivity index (χ3v) is 3.65. The summed E-state index contributed by atoms with van der Waals surface area (Å²) in [5.74, 6) is 0. The summed E-state index contributed by atoms with van der Waals surface area (Å²) in [7, 11) is 0. The number of nitro groups is 1. The molecule has 0 bridgehead atoms. The van der Waals surface area contributed by atoms with Gasteiger partial charge in [-0.1, -0.05) is 55.1 Å². The predicted octanol–water partition coefficient (Wildman–Crippen LogP) is 3.83. The van der Waals surface area contributed by atoms with E-state index in [2.05, 4.69) is 23.6 Å². The first-order valence-corrected chi connectivity index (χ1v) is 7.33. The van der Waals surface area contributed by atoms with Crippen molar-refractivity contribution in [1.82, 2.24) is 4.90 Å². The highest BCUT2D eigenvalue weighted by atomic mass is 16.6. The topological polar surface area (TPSA) is 46.4 Å². The second-order valence-corrected chi connectivity index (χ2v) is 5.09. The summed E-state index contributed by atoms with van der Waals surface area (Å²) in [6.07, 6.45) is 3.37. The van der Waals surface area contributed by atoms with E-state index in [1.54, 1.807) is 18.3 Å². The standard InChI is InChI=1S/C18H20N2O2/c1-2-19(14-12-16-8-4-3-5-9-16)15-13-17-10-6-7-11-18(17)20(21)22/h2-11H,1,12-15H2. The number of nitrogens with zero attached hydrogens (tertiary/aromatic N) is 2. The Kier molecular flexibility index (Phi) is 5.72. The van der Waals surface area contributed by atoms with Crippen LogP contribution in [-0.4, -0.2) is 22.9 Å². The van der Waals surface area contributed by atoms with Crippen LogP contribution < -0.4 is 0 Å². The molecule has 0 spiro atoms. The average Bonchev–Trinajstić information content (AvgIpc) is 2.56. The second kappa shape index (κ2) is 7.98. The van der Waals surface area contributed by atoms with E-state index in [0.29, 0.717) is 6.42 Å². The summed E-state index contributed by atoms with van der Waals surface area (Å²) < 4.78 is 0. The number of para-hydroxylation sites is 1. The molecular weight excluding hydrogens is 276 g/mol. The lowest BCUT2D eigenvalue weighted by atomic mass is 10.1. The van der Waals surface area contributed by atoms with Crippen molar-refractivity contribution in [3.63, 3.8) is 0 Å². The monoisotopic (exact) mass is 296 g/mol. The summed E-state index contributed by atoms with van der Waals surface area (Å²) in [6, 6.07) is 17.2. The van der Waals surface area contributed by atoms with Crippen molar-refractivity contribution in [3.8, 4) is 0 Å². The summed E-state index contributed by atoms with van der Waals surface area (Å²) in [5, 5.41) is 11.0. The fourth-order valence-electron chi connectivity index (χ4n) is 2.38. The molecule has 22 heavy (non-hydrogen) atoms. The van der Waals surface area contributed by atoms with E-state index >= 15 is 0 Å². The number of benzene rings is 2. The molecule has 0 unspecified atom stereocenters. The van der Waals surface area contributed by atoms with Crippen molar-refractivity contribution in [1.29, 1.82) is 0 Å². The lowest BCUT2D eigenvalue weighted by Crippen LogP contribution is -2.22. The van der Waals surface area contributed by atoms with Crippen LogP contribution in [0, 0.1) is 10.1 Å². The molecule has 0 N–H and O–H groups in total. The maximum Gasteiger partial charge on any atom is 0.272 e. The molecule has 4 heteroatoms. The van der Waals surface area contributed by atoms with Gasteiger partial charge < -0.3 is 4.90 Å². The Morgan fingerprint density at radius 2 is 1.64 bits per heavy atom. The highest BCUT2D eigenvalue weighted by molar-refractivity contribution is 5.39. The van der Waals surface area contributed by atoms with Crippen molar-refractivity contribution in [2.24, 2.45) is 0 Å². The van der Waals surface area contributed by atoms with Gasteiger partial charge in [-0.05, 0) is 24.6 Å². The van der Waals surface area contributed by atoms with Gasteiger partial charge in [0, 0.05) is 24.7 Å². The lowest BCUT2D eigenvalue weighted by molar-refractivity contribution is -0.385. The van der Waals surface area contributed by atoms with Crippen molar-refractivity contribution >= 4 is 5.69 Å². The minimum absolute atomic E-state index is 0.189. The predicted molar refractivity (Wildman–Crippen MR) is 88.7 cm³/mol. The normalized spacial score (nSPS) is 10.2.